The number of ether oxygens (including phenoxy) is 1. The first-order valence-corrected chi connectivity index (χ1v) is 19.6. The van der Waals surface area contributed by atoms with Crippen molar-refractivity contribution >= 4 is 46.1 Å². The Labute approximate surface area is 316 Å². The zero-order chi connectivity index (χ0) is 37.2. The molecule has 4 aliphatic heterocycles. The number of aromatic nitrogens is 6. The molecule has 4 aromatic heterocycles. The van der Waals surface area contributed by atoms with E-state index in [9.17, 15) is 9.59 Å². The third-order valence-corrected chi connectivity index (χ3v) is 11.7. The summed E-state index contributed by atoms with van der Waals surface area (Å²) in [6.07, 6.45) is 12.7. The molecule has 15 heteroatoms. The van der Waals surface area contributed by atoms with Gasteiger partial charge < -0.3 is 19.9 Å². The number of amides is 2. The molecule has 286 valence electrons. The average molecular weight is 737 g/mol. The molecule has 2 N–H and O–H groups in total. The maximum atomic E-state index is 12.6. The molecule has 0 radical (unpaired) electrons. The van der Waals surface area contributed by atoms with Crippen LogP contribution in [0, 0.1) is 0 Å². The molecule has 0 bridgehead atoms. The molecule has 0 saturated carbocycles. The topological polar surface area (TPSA) is 150 Å². The first-order chi connectivity index (χ1) is 26.3. The van der Waals surface area contributed by atoms with Gasteiger partial charge in [0.25, 0.3) is 0 Å². The average Bonchev–Trinajstić information content (AvgIpc) is 3.58. The molecular weight excluding hydrogens is 685 g/mol. The number of hydrogen-bond donors (Lipinski definition) is 2. The lowest BCUT2D eigenvalue weighted by Gasteiger charge is -2.43. The van der Waals surface area contributed by atoms with Crippen LogP contribution < -0.4 is 20.4 Å². The van der Waals surface area contributed by atoms with E-state index in [1.807, 2.05) is 24.5 Å². The summed E-state index contributed by atoms with van der Waals surface area (Å²) >= 11 is 0. The van der Waals surface area contributed by atoms with E-state index < -0.39 is 0 Å². The van der Waals surface area contributed by atoms with Gasteiger partial charge >= 0.3 is 0 Å². The number of anilines is 4. The molecule has 4 aromatic rings. The van der Waals surface area contributed by atoms with Crippen molar-refractivity contribution in [3.05, 3.63) is 54.1 Å². The van der Waals surface area contributed by atoms with Gasteiger partial charge in [-0.3, -0.25) is 34.4 Å². The fraction of sp³-hybridized carbons (Fsp3) is 0.564. The van der Waals surface area contributed by atoms with Crippen LogP contribution in [-0.4, -0.2) is 123 Å². The van der Waals surface area contributed by atoms with Crippen molar-refractivity contribution in [2.24, 2.45) is 0 Å². The summed E-state index contributed by atoms with van der Waals surface area (Å²) in [5, 5.41) is 12.1. The molecule has 0 spiro atoms. The van der Waals surface area contributed by atoms with Crippen molar-refractivity contribution in [3.63, 3.8) is 0 Å². The van der Waals surface area contributed by atoms with Crippen LogP contribution >= 0.6 is 0 Å². The van der Waals surface area contributed by atoms with Crippen LogP contribution in [0.1, 0.15) is 75.5 Å². The summed E-state index contributed by atoms with van der Waals surface area (Å²) in [5.41, 5.74) is 3.13. The van der Waals surface area contributed by atoms with Crippen LogP contribution in [0.4, 0.5) is 23.4 Å². The highest BCUT2D eigenvalue weighted by Crippen LogP contribution is 2.33. The van der Waals surface area contributed by atoms with E-state index in [1.165, 1.54) is 0 Å². The lowest BCUT2D eigenvalue weighted by atomic mass is 9.88. The fourth-order valence-corrected chi connectivity index (χ4v) is 8.56. The minimum Gasteiger partial charge on any atom is -0.381 e. The minimum atomic E-state index is -0.315. The lowest BCUT2D eigenvalue weighted by Crippen LogP contribution is -2.53. The second kappa shape index (κ2) is 15.9. The molecule has 15 nitrogen and oxygen atoms in total. The predicted octanol–water partition coefficient (Wildman–Crippen LogP) is 3.86. The summed E-state index contributed by atoms with van der Waals surface area (Å²) in [6.45, 7) is 12.8. The number of rotatable bonds is 10. The van der Waals surface area contributed by atoms with Crippen LogP contribution in [0.15, 0.2) is 43.0 Å². The van der Waals surface area contributed by atoms with E-state index in [2.05, 4.69) is 64.8 Å². The maximum absolute atomic E-state index is 12.6. The lowest BCUT2D eigenvalue weighted by molar-refractivity contribution is -0.134. The third kappa shape index (κ3) is 7.75. The van der Waals surface area contributed by atoms with Crippen molar-refractivity contribution in [2.75, 3.05) is 74.6 Å². The molecule has 0 aromatic carbocycles. The summed E-state index contributed by atoms with van der Waals surface area (Å²) in [5.74, 6) is 2.46. The second-order valence-electron chi connectivity index (χ2n) is 15.3. The fourth-order valence-electron chi connectivity index (χ4n) is 8.56. The second-order valence-corrected chi connectivity index (χ2v) is 15.3. The number of nitrogens with zero attached hydrogens (tertiary/aromatic N) is 10. The van der Waals surface area contributed by atoms with Crippen molar-refractivity contribution in [1.29, 1.82) is 0 Å². The van der Waals surface area contributed by atoms with E-state index in [4.69, 9.17) is 19.8 Å². The summed E-state index contributed by atoms with van der Waals surface area (Å²) < 4.78 is 7.65. The number of nitrogens with one attached hydrogen (secondary N) is 2. The highest BCUT2D eigenvalue weighted by atomic mass is 16.5. The van der Waals surface area contributed by atoms with Gasteiger partial charge in [-0.05, 0) is 69.2 Å². The molecule has 1 atom stereocenters. The van der Waals surface area contributed by atoms with Gasteiger partial charge in [0.2, 0.25) is 17.8 Å². The third-order valence-electron chi connectivity index (χ3n) is 11.7. The number of hydrogen-bond acceptors (Lipinski definition) is 13. The largest absolute Gasteiger partial charge is 0.381 e. The van der Waals surface area contributed by atoms with Crippen molar-refractivity contribution in [3.8, 4) is 0 Å². The molecule has 4 saturated heterocycles. The van der Waals surface area contributed by atoms with Gasteiger partial charge in [-0.1, -0.05) is 0 Å². The maximum Gasteiger partial charge on any atom is 0.234 e. The van der Waals surface area contributed by atoms with E-state index in [1.54, 1.807) is 19.5 Å². The van der Waals surface area contributed by atoms with Gasteiger partial charge in [0, 0.05) is 115 Å². The van der Waals surface area contributed by atoms with Gasteiger partial charge in [0.05, 0.1) is 22.9 Å². The van der Waals surface area contributed by atoms with Gasteiger partial charge in [0.1, 0.15) is 11.6 Å². The number of piperazine rings is 1. The molecule has 2 amide bonds. The van der Waals surface area contributed by atoms with Crippen LogP contribution in [-0.2, 0) is 20.9 Å². The summed E-state index contributed by atoms with van der Waals surface area (Å²) in [6, 6.07) is 6.73. The summed E-state index contributed by atoms with van der Waals surface area (Å²) in [7, 11) is 1.78. The van der Waals surface area contributed by atoms with E-state index in [0.29, 0.717) is 30.8 Å². The SMILES string of the molecule is COC1CCN(c2nccc(Nc3cc4c(cn3)c(N3CCC(N5CCN(Cc6ccncc6C6CCC(=O)NC6=O)CC5)CC3)nn4C(C)C)n2)CC1. The predicted molar refractivity (Wildman–Crippen MR) is 207 cm³/mol. The van der Waals surface area contributed by atoms with Crippen LogP contribution in [0.25, 0.3) is 10.9 Å². The normalized spacial score (nSPS) is 21.3. The molecule has 0 aliphatic carbocycles. The zero-order valence-corrected chi connectivity index (χ0v) is 31.7. The standard InChI is InChI=1S/C39H52N12O3/c1-26(2)51-33-22-35(43-34-7-13-41-39(44-34)50-16-10-29(54-3)11-17-50)42-24-32(33)37(46-51)49-14-8-28(9-15-49)48-20-18-47(19-21-48)25-27-6-12-40-23-31(27)30-4-5-36(52)45-38(30)53/h6-7,12-13,22-24,26,28-30H,4-5,8-11,14-21,25H2,1-3H3,(H,45,52,53)(H,41,42,43,44). The molecular formula is C39H52N12O3. The number of carbonyl (C=O) groups is 2. The van der Waals surface area contributed by atoms with Crippen molar-refractivity contribution < 1.29 is 14.3 Å². The monoisotopic (exact) mass is 736 g/mol. The summed E-state index contributed by atoms with van der Waals surface area (Å²) in [4.78, 5) is 52.6. The molecule has 8 heterocycles. The van der Waals surface area contributed by atoms with Crippen LogP contribution in [0.3, 0.4) is 0 Å². The van der Waals surface area contributed by atoms with Crippen molar-refractivity contribution in [1.82, 2.24) is 44.8 Å². The Kier molecular flexibility index (Phi) is 10.7. The number of fused-ring (bicyclic) bond motifs is 1. The first kappa shape index (κ1) is 36.3. The quantitative estimate of drug-likeness (QED) is 0.227. The highest BCUT2D eigenvalue weighted by Gasteiger charge is 2.32. The molecule has 8 rings (SSSR count). The van der Waals surface area contributed by atoms with Gasteiger partial charge in [0.15, 0.2) is 5.82 Å². The zero-order valence-electron chi connectivity index (χ0n) is 31.7. The molecule has 1 unspecified atom stereocenters. The molecule has 4 aliphatic rings. The number of imide groups is 1. The number of methoxy groups -OCH3 is 1. The van der Waals surface area contributed by atoms with E-state index in [0.717, 1.165) is 124 Å². The van der Waals surface area contributed by atoms with E-state index in [-0.39, 0.29) is 23.8 Å². The molecule has 4 fully saturated rings. The Hall–Kier alpha value is -4.73. The highest BCUT2D eigenvalue weighted by molar-refractivity contribution is 6.01. The Morgan fingerprint density at radius 2 is 1.67 bits per heavy atom. The van der Waals surface area contributed by atoms with E-state index >= 15 is 0 Å². The smallest absolute Gasteiger partial charge is 0.234 e. The minimum absolute atomic E-state index is 0.190. The Balaban J connectivity index is 0.876. The number of pyridine rings is 2. The Bertz CT molecular complexity index is 1940. The molecule has 54 heavy (non-hydrogen) atoms. The van der Waals surface area contributed by atoms with Gasteiger partial charge in [-0.25, -0.2) is 9.97 Å². The Morgan fingerprint density at radius 3 is 2.41 bits per heavy atom. The van der Waals surface area contributed by atoms with Crippen LogP contribution in [0.2, 0.25) is 0 Å². The van der Waals surface area contributed by atoms with Gasteiger partial charge in [-0.15, -0.1) is 0 Å². The van der Waals surface area contributed by atoms with Crippen LogP contribution in [0.5, 0.6) is 0 Å². The number of piperidine rings is 3. The Morgan fingerprint density at radius 1 is 0.889 bits per heavy atom. The first-order valence-electron chi connectivity index (χ1n) is 19.6. The van der Waals surface area contributed by atoms with Crippen molar-refractivity contribution in [2.45, 2.75) is 83.0 Å². The number of carbonyl (C=O) groups excluding carboxylic acids is 2. The van der Waals surface area contributed by atoms with Gasteiger partial charge in [-0.2, -0.15) is 10.1 Å².